The van der Waals surface area contributed by atoms with Gasteiger partial charge in [0.1, 0.15) is 17.0 Å². The molecule has 3 aromatic rings. The number of allylic oxidation sites excluding steroid dienone is 1. The monoisotopic (exact) mass is 404 g/mol. The lowest BCUT2D eigenvalue weighted by Gasteiger charge is -2.34. The second kappa shape index (κ2) is 8.46. The number of nitrogens with zero attached hydrogens (tertiary/aromatic N) is 4. The lowest BCUT2D eigenvalue weighted by molar-refractivity contribution is 0.0986. The molecule has 3 N–H and O–H groups in total. The Kier molecular flexibility index (Phi) is 5.58. The molecule has 3 aromatic heterocycles. The average molecular weight is 404 g/mol. The van der Waals surface area contributed by atoms with Gasteiger partial charge in [-0.1, -0.05) is 0 Å². The summed E-state index contributed by atoms with van der Waals surface area (Å²) in [5, 5.41) is 8.26. The number of hydrogen-bond donors (Lipinski definition) is 2. The summed E-state index contributed by atoms with van der Waals surface area (Å²) in [7, 11) is 1.61. The zero-order chi connectivity index (χ0) is 21.1. The van der Waals surface area contributed by atoms with Gasteiger partial charge in [-0.3, -0.25) is 4.98 Å². The van der Waals surface area contributed by atoms with Crippen LogP contribution in [0.25, 0.3) is 27.7 Å². The smallest absolute Gasteiger partial charge is 0.221 e. The molecule has 0 spiro atoms. The van der Waals surface area contributed by atoms with Gasteiger partial charge in [0.25, 0.3) is 0 Å². The van der Waals surface area contributed by atoms with Gasteiger partial charge in [0.2, 0.25) is 5.88 Å². The summed E-state index contributed by atoms with van der Waals surface area (Å²) in [6.07, 6.45) is 6.06. The molecular weight excluding hydrogens is 380 g/mol. The molecule has 0 radical (unpaired) electrons. The quantitative estimate of drug-likeness (QED) is 0.629. The SMILES string of the molecule is COc1ncccc1-c1cc(N2CCOCC2C)nc2c(/C(N)=C/C=N)nccc12. The molecule has 0 amide bonds. The normalized spacial score (nSPS) is 17.2. The average Bonchev–Trinajstić information content (AvgIpc) is 2.78. The molecule has 4 heterocycles. The predicted molar refractivity (Wildman–Crippen MR) is 118 cm³/mol. The molecule has 154 valence electrons. The van der Waals surface area contributed by atoms with Crippen molar-refractivity contribution in [3.63, 3.8) is 0 Å². The molecule has 0 bridgehead atoms. The molecule has 0 aromatic carbocycles. The van der Waals surface area contributed by atoms with Crippen LogP contribution in [0, 0.1) is 5.41 Å². The van der Waals surface area contributed by atoms with E-state index in [1.165, 1.54) is 6.08 Å². The molecule has 8 heteroatoms. The summed E-state index contributed by atoms with van der Waals surface area (Å²) in [5.74, 6) is 1.35. The standard InChI is InChI=1S/C22H24N6O2/c1-14-13-30-11-10-28(14)19-12-17(16-4-3-8-26-22(16)29-2)15-6-9-25-21(20(15)27-19)18(24)5-7-23/h3-9,12,14,23H,10-11,13,24H2,1-2H3/b18-5-,23-7?. The van der Waals surface area contributed by atoms with Crippen LogP contribution in [0.4, 0.5) is 5.82 Å². The van der Waals surface area contributed by atoms with Crippen LogP contribution < -0.4 is 15.4 Å². The van der Waals surface area contributed by atoms with Crippen LogP contribution in [0.2, 0.25) is 0 Å². The first-order chi connectivity index (χ1) is 14.6. The minimum atomic E-state index is 0.182. The third kappa shape index (κ3) is 3.57. The molecule has 8 nitrogen and oxygen atoms in total. The van der Waals surface area contributed by atoms with Gasteiger partial charge in [-0.25, -0.2) is 9.97 Å². The molecule has 1 saturated heterocycles. The van der Waals surface area contributed by atoms with Gasteiger partial charge in [0, 0.05) is 41.7 Å². The maximum absolute atomic E-state index is 7.37. The van der Waals surface area contributed by atoms with Gasteiger partial charge in [-0.2, -0.15) is 0 Å². The number of aromatic nitrogens is 3. The minimum Gasteiger partial charge on any atom is -0.481 e. The third-order valence-electron chi connectivity index (χ3n) is 5.17. The van der Waals surface area contributed by atoms with E-state index in [4.69, 9.17) is 25.6 Å². The van der Waals surface area contributed by atoms with E-state index in [2.05, 4.69) is 27.9 Å². The first-order valence-corrected chi connectivity index (χ1v) is 9.74. The summed E-state index contributed by atoms with van der Waals surface area (Å²) < 4.78 is 11.1. The molecular formula is C22H24N6O2. The van der Waals surface area contributed by atoms with Gasteiger partial charge in [-0.05, 0) is 37.3 Å². The predicted octanol–water partition coefficient (Wildman–Crippen LogP) is 2.87. The Morgan fingerprint density at radius 3 is 2.93 bits per heavy atom. The second-order valence-electron chi connectivity index (χ2n) is 7.05. The molecule has 30 heavy (non-hydrogen) atoms. The molecule has 1 aliphatic rings. The van der Waals surface area contributed by atoms with E-state index in [-0.39, 0.29) is 6.04 Å². The number of anilines is 1. The number of methoxy groups -OCH3 is 1. The summed E-state index contributed by atoms with van der Waals surface area (Å²) in [6, 6.07) is 8.01. The van der Waals surface area contributed by atoms with Crippen molar-refractivity contribution in [2.75, 3.05) is 31.8 Å². The Balaban J connectivity index is 2.03. The van der Waals surface area contributed by atoms with E-state index >= 15 is 0 Å². The van der Waals surface area contributed by atoms with Crippen molar-refractivity contribution >= 4 is 28.6 Å². The number of fused-ring (bicyclic) bond motifs is 1. The zero-order valence-corrected chi connectivity index (χ0v) is 17.0. The molecule has 1 unspecified atom stereocenters. The van der Waals surface area contributed by atoms with Gasteiger partial charge < -0.3 is 25.5 Å². The number of nitrogens with two attached hydrogens (primary N) is 1. The van der Waals surface area contributed by atoms with E-state index in [1.54, 1.807) is 19.5 Å². The molecule has 0 aliphatic carbocycles. The first kappa shape index (κ1) is 19.8. The van der Waals surface area contributed by atoms with Crippen LogP contribution in [-0.2, 0) is 4.74 Å². The maximum Gasteiger partial charge on any atom is 0.221 e. The van der Waals surface area contributed by atoms with E-state index in [0.717, 1.165) is 35.1 Å². The molecule has 4 rings (SSSR count). The van der Waals surface area contributed by atoms with Crippen LogP contribution in [0.1, 0.15) is 12.6 Å². The Bertz CT molecular complexity index is 1110. The largest absolute Gasteiger partial charge is 0.481 e. The van der Waals surface area contributed by atoms with Gasteiger partial charge in [-0.15, -0.1) is 0 Å². The van der Waals surface area contributed by atoms with E-state index in [1.807, 2.05) is 18.2 Å². The zero-order valence-electron chi connectivity index (χ0n) is 17.0. The van der Waals surface area contributed by atoms with Crippen LogP contribution in [-0.4, -0.2) is 54.1 Å². The number of morpholine rings is 1. The Hall–Kier alpha value is -3.52. The number of rotatable bonds is 5. The first-order valence-electron chi connectivity index (χ1n) is 9.74. The second-order valence-corrected chi connectivity index (χ2v) is 7.05. The van der Waals surface area contributed by atoms with Crippen LogP contribution in [0.15, 0.2) is 42.7 Å². The maximum atomic E-state index is 7.37. The van der Waals surface area contributed by atoms with Crippen LogP contribution in [0.3, 0.4) is 0 Å². The highest BCUT2D eigenvalue weighted by Gasteiger charge is 2.23. The summed E-state index contributed by atoms with van der Waals surface area (Å²) in [6.45, 7) is 4.14. The van der Waals surface area contributed by atoms with Crippen molar-refractivity contribution in [1.29, 1.82) is 5.41 Å². The van der Waals surface area contributed by atoms with Gasteiger partial charge in [0.15, 0.2) is 0 Å². The van der Waals surface area contributed by atoms with Gasteiger partial charge in [0.05, 0.1) is 32.1 Å². The summed E-state index contributed by atoms with van der Waals surface area (Å²) in [4.78, 5) is 16.0. The van der Waals surface area contributed by atoms with Crippen molar-refractivity contribution in [3.05, 3.63) is 48.4 Å². The van der Waals surface area contributed by atoms with Crippen LogP contribution in [0.5, 0.6) is 5.88 Å². The molecule has 1 fully saturated rings. The van der Waals surface area contributed by atoms with Crippen molar-refractivity contribution in [3.8, 4) is 17.0 Å². The Labute approximate surface area is 174 Å². The number of nitrogens with one attached hydrogen (secondary N) is 1. The number of pyridine rings is 3. The Morgan fingerprint density at radius 2 is 2.17 bits per heavy atom. The van der Waals surface area contributed by atoms with E-state index < -0.39 is 0 Å². The van der Waals surface area contributed by atoms with Crippen molar-refractivity contribution in [2.45, 2.75) is 13.0 Å². The lowest BCUT2D eigenvalue weighted by Crippen LogP contribution is -2.44. The minimum absolute atomic E-state index is 0.182. The van der Waals surface area contributed by atoms with Crippen molar-refractivity contribution < 1.29 is 9.47 Å². The van der Waals surface area contributed by atoms with Gasteiger partial charge >= 0.3 is 0 Å². The van der Waals surface area contributed by atoms with E-state index in [9.17, 15) is 0 Å². The van der Waals surface area contributed by atoms with Crippen molar-refractivity contribution in [1.82, 2.24) is 15.0 Å². The summed E-state index contributed by atoms with van der Waals surface area (Å²) in [5.41, 5.74) is 9.61. The lowest BCUT2D eigenvalue weighted by atomic mass is 10.0. The highest BCUT2D eigenvalue weighted by molar-refractivity contribution is 6.01. The fourth-order valence-corrected chi connectivity index (χ4v) is 3.71. The fourth-order valence-electron chi connectivity index (χ4n) is 3.71. The Morgan fingerprint density at radius 1 is 1.30 bits per heavy atom. The van der Waals surface area contributed by atoms with Crippen LogP contribution >= 0.6 is 0 Å². The summed E-state index contributed by atoms with van der Waals surface area (Å²) >= 11 is 0. The molecule has 1 aliphatic heterocycles. The molecule has 0 saturated carbocycles. The number of hydrogen-bond acceptors (Lipinski definition) is 8. The van der Waals surface area contributed by atoms with Crippen molar-refractivity contribution in [2.24, 2.45) is 5.73 Å². The highest BCUT2D eigenvalue weighted by Crippen LogP contribution is 2.37. The number of ether oxygens (including phenoxy) is 2. The third-order valence-corrected chi connectivity index (χ3v) is 5.17. The highest BCUT2D eigenvalue weighted by atomic mass is 16.5. The molecule has 1 atom stereocenters. The fraction of sp³-hybridized carbons (Fsp3) is 0.273. The van der Waals surface area contributed by atoms with E-state index in [0.29, 0.717) is 36.0 Å². The topological polar surface area (TPSA) is 110 Å².